The number of benzene rings is 1. The van der Waals surface area contributed by atoms with Gasteiger partial charge in [-0.15, -0.1) is 13.2 Å². The van der Waals surface area contributed by atoms with Crippen LogP contribution in [0.3, 0.4) is 0 Å². The molecule has 1 heterocycles. The Morgan fingerprint density at radius 1 is 1.25 bits per heavy atom. The van der Waals surface area contributed by atoms with Gasteiger partial charge in [0, 0.05) is 11.6 Å². The number of para-hydroxylation sites is 1. The quantitative estimate of drug-likeness (QED) is 0.928. The minimum Gasteiger partial charge on any atom is -0.405 e. The second-order valence-corrected chi connectivity index (χ2v) is 4.94. The largest absolute Gasteiger partial charge is 0.573 e. The summed E-state index contributed by atoms with van der Waals surface area (Å²) in [5.74, 6) is 0.222. The van der Waals surface area contributed by atoms with Gasteiger partial charge in [0.2, 0.25) is 0 Å². The van der Waals surface area contributed by atoms with Crippen molar-refractivity contribution in [2.45, 2.75) is 31.3 Å². The van der Waals surface area contributed by atoms with Crippen molar-refractivity contribution < 1.29 is 17.9 Å². The van der Waals surface area contributed by atoms with Crippen molar-refractivity contribution in [2.24, 2.45) is 10.7 Å². The molecule has 3 rings (SSSR count). The number of aliphatic imine (C=N–C) groups is 1. The summed E-state index contributed by atoms with van der Waals surface area (Å²) in [6, 6.07) is 6.17. The third-order valence-corrected chi connectivity index (χ3v) is 3.47. The van der Waals surface area contributed by atoms with Crippen molar-refractivity contribution in [3.05, 3.63) is 29.8 Å². The number of halogens is 3. The van der Waals surface area contributed by atoms with E-state index >= 15 is 0 Å². The summed E-state index contributed by atoms with van der Waals surface area (Å²) in [5, 5.41) is 0. The van der Waals surface area contributed by atoms with Crippen LogP contribution in [-0.2, 0) is 0 Å². The lowest BCUT2D eigenvalue weighted by atomic mass is 10.0. The van der Waals surface area contributed by atoms with Gasteiger partial charge >= 0.3 is 6.36 Å². The highest BCUT2D eigenvalue weighted by Gasteiger charge is 2.41. The van der Waals surface area contributed by atoms with E-state index in [-0.39, 0.29) is 17.8 Å². The Morgan fingerprint density at radius 2 is 1.95 bits per heavy atom. The molecule has 1 unspecified atom stereocenters. The number of guanidine groups is 1. The lowest BCUT2D eigenvalue weighted by Gasteiger charge is -2.27. The minimum absolute atomic E-state index is 0.180. The van der Waals surface area contributed by atoms with E-state index in [1.54, 1.807) is 12.1 Å². The van der Waals surface area contributed by atoms with Gasteiger partial charge < -0.3 is 15.4 Å². The summed E-state index contributed by atoms with van der Waals surface area (Å²) in [6.45, 7) is 0.362. The van der Waals surface area contributed by atoms with Crippen LogP contribution in [0.4, 0.5) is 13.2 Å². The van der Waals surface area contributed by atoms with E-state index < -0.39 is 6.36 Å². The lowest BCUT2D eigenvalue weighted by Crippen LogP contribution is -2.38. The van der Waals surface area contributed by atoms with E-state index in [0.717, 1.165) is 12.8 Å². The zero-order valence-corrected chi connectivity index (χ0v) is 10.6. The fraction of sp³-hybridized carbons (Fsp3) is 0.462. The second kappa shape index (κ2) is 4.57. The minimum atomic E-state index is -4.70. The third kappa shape index (κ3) is 2.52. The van der Waals surface area contributed by atoms with Crippen LogP contribution in [0, 0.1) is 0 Å². The predicted octanol–water partition coefficient (Wildman–Crippen LogP) is 2.42. The first-order chi connectivity index (χ1) is 9.46. The van der Waals surface area contributed by atoms with Gasteiger partial charge in [-0.3, -0.25) is 4.99 Å². The topological polar surface area (TPSA) is 50.9 Å². The number of hydrogen-bond donors (Lipinski definition) is 1. The summed E-state index contributed by atoms with van der Waals surface area (Å²) in [4.78, 5) is 6.06. The maximum Gasteiger partial charge on any atom is 0.573 e. The number of rotatable bonds is 3. The summed E-state index contributed by atoms with van der Waals surface area (Å²) in [7, 11) is 0. The van der Waals surface area contributed by atoms with Crippen molar-refractivity contribution >= 4 is 5.96 Å². The molecule has 1 aromatic rings. The average molecular weight is 285 g/mol. The molecule has 1 aliphatic heterocycles. The molecule has 1 aromatic carbocycles. The van der Waals surface area contributed by atoms with Crippen LogP contribution in [0.15, 0.2) is 29.3 Å². The molecule has 2 aliphatic rings. The fourth-order valence-electron chi connectivity index (χ4n) is 2.53. The van der Waals surface area contributed by atoms with E-state index in [9.17, 15) is 13.2 Å². The number of nitrogens with two attached hydrogens (primary N) is 1. The van der Waals surface area contributed by atoms with Gasteiger partial charge in [-0.1, -0.05) is 18.2 Å². The first-order valence-electron chi connectivity index (χ1n) is 6.38. The molecular formula is C13H14F3N3O. The van der Waals surface area contributed by atoms with Gasteiger partial charge in [0.1, 0.15) is 5.75 Å². The highest BCUT2D eigenvalue weighted by Crippen LogP contribution is 2.40. The number of alkyl halides is 3. The maximum absolute atomic E-state index is 12.5. The third-order valence-electron chi connectivity index (χ3n) is 3.47. The predicted molar refractivity (Wildman–Crippen MR) is 67.2 cm³/mol. The molecule has 7 heteroatoms. The van der Waals surface area contributed by atoms with Crippen molar-refractivity contribution in [3.63, 3.8) is 0 Å². The molecule has 0 amide bonds. The normalized spacial score (nSPS) is 22.9. The molecule has 108 valence electrons. The first kappa shape index (κ1) is 13.1. The second-order valence-electron chi connectivity index (χ2n) is 4.94. The van der Waals surface area contributed by atoms with Crippen LogP contribution in [0.25, 0.3) is 0 Å². The Morgan fingerprint density at radius 3 is 2.60 bits per heavy atom. The molecule has 0 saturated heterocycles. The van der Waals surface area contributed by atoms with Gasteiger partial charge in [0.25, 0.3) is 0 Å². The Labute approximate surface area is 114 Å². The Hall–Kier alpha value is -1.92. The highest BCUT2D eigenvalue weighted by atomic mass is 19.4. The molecular weight excluding hydrogens is 271 g/mol. The smallest absolute Gasteiger partial charge is 0.405 e. The Bertz CT molecular complexity index is 540. The summed E-state index contributed by atoms with van der Waals surface area (Å²) >= 11 is 0. The maximum atomic E-state index is 12.5. The SMILES string of the molecule is NC1=NCC(c2ccccc2OC(F)(F)F)N1C1CC1. The molecule has 0 radical (unpaired) electrons. The molecule has 1 aliphatic carbocycles. The summed E-state index contributed by atoms with van der Waals surface area (Å²) in [5.41, 5.74) is 6.31. The van der Waals surface area contributed by atoms with Crippen LogP contribution in [0.2, 0.25) is 0 Å². The molecule has 0 bridgehead atoms. The highest BCUT2D eigenvalue weighted by molar-refractivity contribution is 5.81. The van der Waals surface area contributed by atoms with Gasteiger partial charge in [-0.25, -0.2) is 0 Å². The molecule has 2 N–H and O–H groups in total. The zero-order chi connectivity index (χ0) is 14.3. The van der Waals surface area contributed by atoms with Crippen LogP contribution in [-0.4, -0.2) is 29.8 Å². The van der Waals surface area contributed by atoms with Crippen LogP contribution >= 0.6 is 0 Å². The number of nitrogens with zero attached hydrogens (tertiary/aromatic N) is 2. The molecule has 1 saturated carbocycles. The summed E-state index contributed by atoms with van der Waals surface area (Å²) in [6.07, 6.45) is -2.71. The van der Waals surface area contributed by atoms with Crippen molar-refractivity contribution in [1.82, 2.24) is 4.90 Å². The standard InChI is InChI=1S/C13H14F3N3O/c14-13(15,16)20-11-4-2-1-3-9(11)10-7-18-12(17)19(10)8-5-6-8/h1-4,8,10H,5-7H2,(H2,17,18). The van der Waals surface area contributed by atoms with Crippen LogP contribution in [0.1, 0.15) is 24.4 Å². The van der Waals surface area contributed by atoms with E-state index in [0.29, 0.717) is 18.1 Å². The van der Waals surface area contributed by atoms with Gasteiger partial charge in [0.05, 0.1) is 12.6 Å². The number of hydrogen-bond acceptors (Lipinski definition) is 4. The lowest BCUT2D eigenvalue weighted by molar-refractivity contribution is -0.275. The Kier molecular flexibility index (Phi) is 2.99. The van der Waals surface area contributed by atoms with E-state index in [4.69, 9.17) is 5.73 Å². The molecule has 1 fully saturated rings. The monoisotopic (exact) mass is 285 g/mol. The average Bonchev–Trinajstić information content (AvgIpc) is 3.12. The molecule has 0 spiro atoms. The summed E-state index contributed by atoms with van der Waals surface area (Å²) < 4.78 is 41.5. The van der Waals surface area contributed by atoms with E-state index in [1.807, 2.05) is 4.90 Å². The van der Waals surface area contributed by atoms with Gasteiger partial charge in [0.15, 0.2) is 5.96 Å². The first-order valence-corrected chi connectivity index (χ1v) is 6.38. The molecule has 1 atom stereocenters. The molecule has 20 heavy (non-hydrogen) atoms. The zero-order valence-electron chi connectivity index (χ0n) is 10.6. The van der Waals surface area contributed by atoms with Crippen molar-refractivity contribution in [3.8, 4) is 5.75 Å². The van der Waals surface area contributed by atoms with Crippen LogP contribution in [0.5, 0.6) is 5.75 Å². The van der Waals surface area contributed by atoms with E-state index in [2.05, 4.69) is 9.73 Å². The van der Waals surface area contributed by atoms with Crippen LogP contribution < -0.4 is 10.5 Å². The van der Waals surface area contributed by atoms with Crippen molar-refractivity contribution in [1.29, 1.82) is 0 Å². The van der Waals surface area contributed by atoms with Gasteiger partial charge in [-0.05, 0) is 18.9 Å². The van der Waals surface area contributed by atoms with Gasteiger partial charge in [-0.2, -0.15) is 0 Å². The van der Waals surface area contributed by atoms with E-state index in [1.165, 1.54) is 12.1 Å². The fourth-order valence-corrected chi connectivity index (χ4v) is 2.53. The molecule has 4 nitrogen and oxygen atoms in total. The number of ether oxygens (including phenoxy) is 1. The Balaban J connectivity index is 1.90. The van der Waals surface area contributed by atoms with Crippen molar-refractivity contribution in [2.75, 3.05) is 6.54 Å². The molecule has 0 aromatic heterocycles.